The van der Waals surface area contributed by atoms with Crippen molar-refractivity contribution in [2.24, 2.45) is 0 Å². The molecule has 100 valence electrons. The molecular weight excluding hydrogens is 248 g/mol. The van der Waals surface area contributed by atoms with E-state index in [-0.39, 0.29) is 19.0 Å². The third-order valence-electron chi connectivity index (χ3n) is 2.00. The van der Waals surface area contributed by atoms with Gasteiger partial charge < -0.3 is 9.47 Å². The molecule has 1 aromatic rings. The molecule has 0 amide bonds. The summed E-state index contributed by atoms with van der Waals surface area (Å²) in [4.78, 5) is 32.9. The van der Waals surface area contributed by atoms with Crippen LogP contribution < -0.4 is 0 Å². The van der Waals surface area contributed by atoms with Crippen LogP contribution in [0, 0.1) is 0 Å². The summed E-state index contributed by atoms with van der Waals surface area (Å²) in [6, 6.07) is 9.16. The van der Waals surface area contributed by atoms with Crippen LogP contribution in [0.25, 0.3) is 0 Å². The van der Waals surface area contributed by atoms with Crippen molar-refractivity contribution >= 4 is 17.7 Å². The fourth-order valence-electron chi connectivity index (χ4n) is 1.13. The minimum Gasteiger partial charge on any atom is -0.458 e. The summed E-state index contributed by atoms with van der Waals surface area (Å²) in [5.74, 6) is -1.68. The van der Waals surface area contributed by atoms with Crippen LogP contribution in [0.5, 0.6) is 0 Å². The van der Waals surface area contributed by atoms with E-state index in [2.05, 4.69) is 4.74 Å². The molecule has 5 nitrogen and oxygen atoms in total. The van der Waals surface area contributed by atoms with Crippen LogP contribution >= 0.6 is 0 Å². The van der Waals surface area contributed by atoms with E-state index in [1.807, 2.05) is 30.3 Å². The highest BCUT2D eigenvalue weighted by atomic mass is 16.5. The SMILES string of the molecule is CC(=O)COC(=O)/C=C/C(=O)OCc1ccccc1. The second kappa shape index (κ2) is 7.81. The average Bonchev–Trinajstić information content (AvgIpc) is 2.41. The Morgan fingerprint density at radius 1 is 1.00 bits per heavy atom. The number of rotatable bonds is 6. The van der Waals surface area contributed by atoms with Gasteiger partial charge in [0.2, 0.25) is 0 Å². The lowest BCUT2D eigenvalue weighted by atomic mass is 10.2. The molecule has 0 spiro atoms. The lowest BCUT2D eigenvalue weighted by Crippen LogP contribution is -2.09. The lowest BCUT2D eigenvalue weighted by molar-refractivity contribution is -0.143. The fourth-order valence-corrected chi connectivity index (χ4v) is 1.13. The van der Waals surface area contributed by atoms with E-state index in [4.69, 9.17) is 4.74 Å². The van der Waals surface area contributed by atoms with E-state index >= 15 is 0 Å². The van der Waals surface area contributed by atoms with E-state index in [0.29, 0.717) is 0 Å². The Bertz CT molecular complexity index is 476. The molecule has 0 bridgehead atoms. The molecule has 0 heterocycles. The number of ether oxygens (including phenoxy) is 2. The zero-order valence-electron chi connectivity index (χ0n) is 10.5. The predicted octanol–water partition coefficient (Wildman–Crippen LogP) is 1.42. The summed E-state index contributed by atoms with van der Waals surface area (Å²) in [6.45, 7) is 1.12. The number of hydrogen-bond acceptors (Lipinski definition) is 5. The second-order valence-corrected chi connectivity index (χ2v) is 3.74. The molecule has 0 aliphatic carbocycles. The standard InChI is InChI=1S/C14H14O5/c1-11(15)9-18-13(16)7-8-14(17)19-10-12-5-3-2-4-6-12/h2-8H,9-10H2,1H3/b8-7+. The van der Waals surface area contributed by atoms with Crippen molar-refractivity contribution in [3.8, 4) is 0 Å². The Morgan fingerprint density at radius 3 is 2.16 bits per heavy atom. The number of hydrogen-bond donors (Lipinski definition) is 0. The maximum Gasteiger partial charge on any atom is 0.331 e. The lowest BCUT2D eigenvalue weighted by Gasteiger charge is -2.01. The summed E-state index contributed by atoms with van der Waals surface area (Å²) in [7, 11) is 0. The molecule has 0 saturated carbocycles. The third-order valence-corrected chi connectivity index (χ3v) is 2.00. The zero-order chi connectivity index (χ0) is 14.1. The highest BCUT2D eigenvalue weighted by Crippen LogP contribution is 2.00. The van der Waals surface area contributed by atoms with Crippen LogP contribution in [-0.2, 0) is 30.5 Å². The van der Waals surface area contributed by atoms with Gasteiger partial charge in [0.1, 0.15) is 13.2 Å². The number of carbonyl (C=O) groups excluding carboxylic acids is 3. The molecular formula is C14H14O5. The van der Waals surface area contributed by atoms with Crippen molar-refractivity contribution in [3.05, 3.63) is 48.0 Å². The molecule has 0 saturated heterocycles. The first kappa shape index (κ1) is 14.6. The number of Topliss-reactive ketones (excluding diaryl/α,β-unsaturated/α-hetero) is 1. The number of ketones is 1. The molecule has 0 fully saturated rings. The molecule has 0 N–H and O–H groups in total. The molecule has 0 aliphatic heterocycles. The van der Waals surface area contributed by atoms with Gasteiger partial charge >= 0.3 is 11.9 Å². The molecule has 0 atom stereocenters. The maximum atomic E-state index is 11.3. The Kier molecular flexibility index (Phi) is 6.02. The van der Waals surface area contributed by atoms with Gasteiger partial charge in [-0.3, -0.25) is 4.79 Å². The van der Waals surface area contributed by atoms with E-state index in [1.54, 1.807) is 0 Å². The van der Waals surface area contributed by atoms with Gasteiger partial charge in [-0.15, -0.1) is 0 Å². The number of esters is 2. The molecule has 1 rings (SSSR count). The summed E-state index contributed by atoms with van der Waals surface area (Å²) in [5.41, 5.74) is 0.850. The van der Waals surface area contributed by atoms with Crippen molar-refractivity contribution in [1.82, 2.24) is 0 Å². The molecule has 1 aromatic carbocycles. The van der Waals surface area contributed by atoms with Crippen molar-refractivity contribution in [2.45, 2.75) is 13.5 Å². The van der Waals surface area contributed by atoms with Gasteiger partial charge in [-0.2, -0.15) is 0 Å². The fraction of sp³-hybridized carbons (Fsp3) is 0.214. The van der Waals surface area contributed by atoms with Crippen LogP contribution in [0.2, 0.25) is 0 Å². The first-order valence-corrected chi connectivity index (χ1v) is 5.63. The second-order valence-electron chi connectivity index (χ2n) is 3.74. The summed E-state index contributed by atoms with van der Waals surface area (Å²) in [6.07, 6.45) is 1.89. The van der Waals surface area contributed by atoms with Gasteiger partial charge in [0.25, 0.3) is 0 Å². The van der Waals surface area contributed by atoms with Crippen molar-refractivity contribution in [1.29, 1.82) is 0 Å². The van der Waals surface area contributed by atoms with Gasteiger partial charge in [0, 0.05) is 12.2 Å². The molecule has 0 radical (unpaired) electrons. The first-order chi connectivity index (χ1) is 9.08. The number of carbonyl (C=O) groups is 3. The van der Waals surface area contributed by atoms with Crippen LogP contribution in [-0.4, -0.2) is 24.3 Å². The predicted molar refractivity (Wildman–Crippen MR) is 67.0 cm³/mol. The van der Waals surface area contributed by atoms with Crippen molar-refractivity contribution < 1.29 is 23.9 Å². The van der Waals surface area contributed by atoms with E-state index in [1.165, 1.54) is 6.92 Å². The Morgan fingerprint density at radius 2 is 1.58 bits per heavy atom. The Hall–Kier alpha value is -2.43. The first-order valence-electron chi connectivity index (χ1n) is 5.63. The highest BCUT2D eigenvalue weighted by Gasteiger charge is 2.02. The highest BCUT2D eigenvalue weighted by molar-refractivity contribution is 5.92. The van der Waals surface area contributed by atoms with Crippen molar-refractivity contribution in [2.75, 3.05) is 6.61 Å². The van der Waals surface area contributed by atoms with Gasteiger partial charge in [-0.05, 0) is 12.5 Å². The van der Waals surface area contributed by atoms with Gasteiger partial charge in [0.15, 0.2) is 5.78 Å². The van der Waals surface area contributed by atoms with Crippen LogP contribution in [0.4, 0.5) is 0 Å². The monoisotopic (exact) mass is 262 g/mol. The minimum absolute atomic E-state index is 0.131. The normalized spacial score (nSPS) is 10.2. The molecule has 5 heteroatoms. The van der Waals surface area contributed by atoms with E-state index in [0.717, 1.165) is 17.7 Å². The topological polar surface area (TPSA) is 69.7 Å². The van der Waals surface area contributed by atoms with Crippen LogP contribution in [0.15, 0.2) is 42.5 Å². The quantitative estimate of drug-likeness (QED) is 0.572. The summed E-state index contributed by atoms with van der Waals surface area (Å²) >= 11 is 0. The van der Waals surface area contributed by atoms with Gasteiger partial charge in [0.05, 0.1) is 0 Å². The minimum atomic E-state index is -0.758. The number of benzene rings is 1. The van der Waals surface area contributed by atoms with E-state index < -0.39 is 11.9 Å². The molecule has 0 unspecified atom stereocenters. The van der Waals surface area contributed by atoms with Crippen LogP contribution in [0.1, 0.15) is 12.5 Å². The molecule has 0 aromatic heterocycles. The molecule has 19 heavy (non-hydrogen) atoms. The van der Waals surface area contributed by atoms with Crippen LogP contribution in [0.3, 0.4) is 0 Å². The van der Waals surface area contributed by atoms with E-state index in [9.17, 15) is 14.4 Å². The third kappa shape index (κ3) is 6.78. The smallest absolute Gasteiger partial charge is 0.331 e. The summed E-state index contributed by atoms with van der Waals surface area (Å²) in [5, 5.41) is 0. The summed E-state index contributed by atoms with van der Waals surface area (Å²) < 4.78 is 9.44. The molecule has 0 aliphatic rings. The zero-order valence-corrected chi connectivity index (χ0v) is 10.5. The van der Waals surface area contributed by atoms with Crippen molar-refractivity contribution in [3.63, 3.8) is 0 Å². The van der Waals surface area contributed by atoms with Gasteiger partial charge in [-0.25, -0.2) is 9.59 Å². The average molecular weight is 262 g/mol. The largest absolute Gasteiger partial charge is 0.458 e. The Balaban J connectivity index is 2.30. The maximum absolute atomic E-state index is 11.3. The van der Waals surface area contributed by atoms with Gasteiger partial charge in [-0.1, -0.05) is 30.3 Å². The Labute approximate surface area is 110 Å².